The molecule has 16 heteroatoms. The molecular weight excluding hydrogens is 794 g/mol. The van der Waals surface area contributed by atoms with Crippen LogP contribution in [0.4, 0.5) is 0 Å². The minimum Gasteiger partial charge on any atom is -0.468 e. The number of esters is 5. The van der Waals surface area contributed by atoms with Crippen molar-refractivity contribution in [2.24, 2.45) is 22.5 Å². The van der Waals surface area contributed by atoms with Crippen LogP contribution >= 0.6 is 0 Å². The molecule has 2 saturated carbocycles. The summed E-state index contributed by atoms with van der Waals surface area (Å²) in [5, 5.41) is 25.7. The minimum absolute atomic E-state index is 0.00596. The number of hydrogen-bond donors (Lipinski definition) is 3. The van der Waals surface area contributed by atoms with E-state index in [1.807, 2.05) is 0 Å². The Kier molecular flexibility index (Phi) is 11.4. The fraction of sp³-hybridized carbons (Fsp3) is 0.467. The number of nitrogens with two attached hydrogens (primary N) is 1. The molecule has 1 saturated heterocycles. The van der Waals surface area contributed by atoms with E-state index in [-0.39, 0.29) is 41.1 Å². The Hall–Kier alpha value is -5.68. The molecule has 11 atom stereocenters. The molecule has 324 valence electrons. The number of furan rings is 1. The van der Waals surface area contributed by atoms with E-state index in [9.17, 15) is 34.2 Å². The Morgan fingerprint density at radius 3 is 2.02 bits per heavy atom. The number of benzene rings is 2. The Morgan fingerprint density at radius 2 is 1.48 bits per heavy atom. The predicted octanol–water partition coefficient (Wildman–Crippen LogP) is 3.72. The zero-order chi connectivity index (χ0) is 44.2. The predicted molar refractivity (Wildman–Crippen MR) is 210 cm³/mol. The lowest BCUT2D eigenvalue weighted by Gasteiger charge is -2.67. The lowest BCUT2D eigenvalue weighted by Crippen LogP contribution is -2.82. The van der Waals surface area contributed by atoms with Crippen molar-refractivity contribution >= 4 is 35.6 Å². The molecule has 0 spiro atoms. The van der Waals surface area contributed by atoms with Crippen molar-refractivity contribution in [3.05, 3.63) is 107 Å². The zero-order valence-corrected chi connectivity index (χ0v) is 34.5. The molecular formula is C45H49NO15. The van der Waals surface area contributed by atoms with E-state index >= 15 is 4.79 Å². The van der Waals surface area contributed by atoms with Gasteiger partial charge in [0, 0.05) is 32.1 Å². The first-order valence-corrected chi connectivity index (χ1v) is 19.9. The molecule has 61 heavy (non-hydrogen) atoms. The Morgan fingerprint density at radius 1 is 0.852 bits per heavy atom. The van der Waals surface area contributed by atoms with Gasteiger partial charge in [0.25, 0.3) is 0 Å². The monoisotopic (exact) mass is 843 g/mol. The molecule has 1 aromatic heterocycles. The van der Waals surface area contributed by atoms with Gasteiger partial charge in [0.15, 0.2) is 17.5 Å². The number of aliphatic hydroxyl groups excluding tert-OH is 1. The van der Waals surface area contributed by atoms with Crippen LogP contribution < -0.4 is 5.73 Å². The van der Waals surface area contributed by atoms with E-state index < -0.39 is 113 Å². The van der Waals surface area contributed by atoms with Crippen molar-refractivity contribution in [3.63, 3.8) is 0 Å². The number of fused-ring (bicyclic) bond motifs is 5. The molecule has 3 aliphatic carbocycles. The quantitative estimate of drug-likeness (QED) is 0.150. The molecule has 3 fully saturated rings. The van der Waals surface area contributed by atoms with Gasteiger partial charge in [0.2, 0.25) is 6.10 Å². The van der Waals surface area contributed by atoms with Crippen LogP contribution in [0.25, 0.3) is 0 Å². The highest BCUT2D eigenvalue weighted by Crippen LogP contribution is 2.64. The Bertz CT molecular complexity index is 2240. The van der Waals surface area contributed by atoms with Crippen molar-refractivity contribution < 1.29 is 71.8 Å². The number of Topliss-reactive ketones (excluding diaryl/α,β-unsaturated/α-hetero) is 1. The van der Waals surface area contributed by atoms with Gasteiger partial charge in [0.1, 0.15) is 35.7 Å². The van der Waals surface area contributed by atoms with Crippen molar-refractivity contribution in [3.8, 4) is 0 Å². The average molecular weight is 844 g/mol. The lowest BCUT2D eigenvalue weighted by atomic mass is 9.44. The summed E-state index contributed by atoms with van der Waals surface area (Å²) in [6.45, 7) is 7.96. The van der Waals surface area contributed by atoms with Crippen LogP contribution in [0.1, 0.15) is 86.9 Å². The van der Waals surface area contributed by atoms with E-state index in [0.29, 0.717) is 0 Å². The van der Waals surface area contributed by atoms with Crippen molar-refractivity contribution in [1.29, 1.82) is 0 Å². The fourth-order valence-corrected chi connectivity index (χ4v) is 9.88. The van der Waals surface area contributed by atoms with Gasteiger partial charge in [-0.1, -0.05) is 50.2 Å². The van der Waals surface area contributed by atoms with Gasteiger partial charge in [-0.05, 0) is 61.4 Å². The number of carbonyl (C=O) groups excluding carboxylic acids is 6. The number of carbonyl (C=O) groups is 6. The van der Waals surface area contributed by atoms with Crippen LogP contribution in [0.2, 0.25) is 0 Å². The molecule has 0 unspecified atom stereocenters. The summed E-state index contributed by atoms with van der Waals surface area (Å²) in [5.74, 6) is -7.05. The average Bonchev–Trinajstić information content (AvgIpc) is 3.76. The first-order chi connectivity index (χ1) is 28.8. The summed E-state index contributed by atoms with van der Waals surface area (Å²) in [6.07, 6.45) is -9.02. The van der Waals surface area contributed by atoms with Crippen LogP contribution in [-0.4, -0.2) is 100 Å². The van der Waals surface area contributed by atoms with Gasteiger partial charge in [-0.25, -0.2) is 14.4 Å². The Balaban J connectivity index is 1.42. The number of rotatable bonds is 10. The highest BCUT2D eigenvalue weighted by Gasteiger charge is 2.78. The Labute approximate surface area is 351 Å². The molecule has 2 aromatic carbocycles. The van der Waals surface area contributed by atoms with Crippen molar-refractivity contribution in [2.45, 2.75) is 108 Å². The number of hydrogen-bond acceptors (Lipinski definition) is 16. The third-order valence-corrected chi connectivity index (χ3v) is 13.1. The maximum absolute atomic E-state index is 15.5. The van der Waals surface area contributed by atoms with Gasteiger partial charge in [-0.2, -0.15) is 0 Å². The van der Waals surface area contributed by atoms with Crippen LogP contribution in [0.15, 0.2) is 94.6 Å². The second-order valence-electron chi connectivity index (χ2n) is 16.9. The largest absolute Gasteiger partial charge is 0.468 e. The van der Waals surface area contributed by atoms with E-state index in [1.54, 1.807) is 50.2 Å². The minimum atomic E-state index is -2.40. The smallest absolute Gasteiger partial charge is 0.350 e. The molecule has 3 aromatic rings. The normalized spacial score (nSPS) is 32.2. The van der Waals surface area contributed by atoms with Gasteiger partial charge < -0.3 is 48.8 Å². The number of ether oxygens (including phenoxy) is 6. The molecule has 0 radical (unpaired) electrons. The van der Waals surface area contributed by atoms with Gasteiger partial charge in [-0.15, -0.1) is 0 Å². The molecule has 4 N–H and O–H groups in total. The molecule has 7 rings (SSSR count). The van der Waals surface area contributed by atoms with E-state index in [2.05, 4.69) is 0 Å². The molecule has 16 nitrogen and oxygen atoms in total. The standard InChI is InChI=1S/C45H49NO15/c1-23-29(58-41(53)35(33(46)28-18-13-19-55-28)59-39(51)26-14-9-7-10-15-26)21-45(54)38(60-40(52)27-16-11-8-12-17-27)36-43(6,30(49)20-31-44(36,22-56-31)61-25(3)48)37(50)34(57-24(2)47)32(23)42(45,4)5/h7-19,29-31,33-36,38,49,54H,20-22,46H2,1-6H3/t29-,30-,31+,33-,34+,35+,36-,38-,43+,44-,45+/m0/s1. The highest BCUT2D eigenvalue weighted by atomic mass is 16.6. The van der Waals surface area contributed by atoms with E-state index in [4.69, 9.17) is 38.6 Å². The number of aliphatic hydroxyl groups is 2. The third kappa shape index (κ3) is 7.14. The van der Waals surface area contributed by atoms with Gasteiger partial charge in [-0.3, -0.25) is 14.4 Å². The first-order valence-electron chi connectivity index (χ1n) is 19.9. The topological polar surface area (TPSA) is 237 Å². The second-order valence-corrected chi connectivity index (χ2v) is 16.9. The SMILES string of the molecule is CC(=O)O[C@H]1C(=O)[C@@]2(C)[C@H]([C@H](OC(=O)c3ccccc3)[C@]3(O)C[C@H](OC(=O)[C@H](OC(=O)c4ccccc4)[C@@H](N)c4ccco4)C(C)=C1C3(C)C)[C@]1(OC(C)=O)CO[C@@H]1C[C@@H]2O. The molecule has 4 aliphatic rings. The second kappa shape index (κ2) is 16.0. The molecule has 2 heterocycles. The van der Waals surface area contributed by atoms with Gasteiger partial charge >= 0.3 is 29.8 Å². The van der Waals surface area contributed by atoms with Crippen molar-refractivity contribution in [1.82, 2.24) is 0 Å². The van der Waals surface area contributed by atoms with Gasteiger partial charge in [0.05, 0.1) is 41.4 Å². The summed E-state index contributed by atoms with van der Waals surface area (Å²) < 4.78 is 41.5. The lowest BCUT2D eigenvalue weighted by molar-refractivity contribution is -0.346. The van der Waals surface area contributed by atoms with Crippen LogP contribution in [0.3, 0.4) is 0 Å². The molecule has 0 amide bonds. The number of ketones is 1. The first kappa shape index (κ1) is 43.4. The molecule has 2 bridgehead atoms. The van der Waals surface area contributed by atoms with Crippen LogP contribution in [0, 0.1) is 16.7 Å². The summed E-state index contributed by atoms with van der Waals surface area (Å²) in [4.78, 5) is 83.6. The third-order valence-electron chi connectivity index (χ3n) is 13.1. The summed E-state index contributed by atoms with van der Waals surface area (Å²) in [7, 11) is 0. The molecule has 1 aliphatic heterocycles. The van der Waals surface area contributed by atoms with Crippen LogP contribution in [0.5, 0.6) is 0 Å². The van der Waals surface area contributed by atoms with E-state index in [1.165, 1.54) is 56.5 Å². The summed E-state index contributed by atoms with van der Waals surface area (Å²) >= 11 is 0. The zero-order valence-electron chi connectivity index (χ0n) is 34.5. The maximum Gasteiger partial charge on any atom is 0.350 e. The van der Waals surface area contributed by atoms with Crippen LogP contribution in [-0.2, 0) is 47.6 Å². The summed E-state index contributed by atoms with van der Waals surface area (Å²) in [6, 6.07) is 17.3. The fourth-order valence-electron chi connectivity index (χ4n) is 9.88. The van der Waals surface area contributed by atoms with Crippen molar-refractivity contribution in [2.75, 3.05) is 6.61 Å². The maximum atomic E-state index is 15.5. The highest BCUT2D eigenvalue weighted by molar-refractivity contribution is 5.96. The summed E-state index contributed by atoms with van der Waals surface area (Å²) in [5.41, 5.74) is -1.06. The van der Waals surface area contributed by atoms with E-state index in [0.717, 1.165) is 13.8 Å².